The van der Waals surface area contributed by atoms with Crippen molar-refractivity contribution in [2.75, 3.05) is 14.2 Å². The second-order valence-corrected chi connectivity index (χ2v) is 5.43. The van der Waals surface area contributed by atoms with Gasteiger partial charge in [0.05, 0.1) is 13.2 Å². The summed E-state index contributed by atoms with van der Waals surface area (Å²) in [5.41, 5.74) is 4.67. The van der Waals surface area contributed by atoms with E-state index in [-0.39, 0.29) is 11.9 Å². The van der Waals surface area contributed by atoms with E-state index in [2.05, 4.69) is 5.32 Å². The van der Waals surface area contributed by atoms with E-state index in [0.717, 1.165) is 28.0 Å². The van der Waals surface area contributed by atoms with Crippen molar-refractivity contribution in [3.8, 4) is 5.75 Å². The van der Waals surface area contributed by atoms with Crippen molar-refractivity contribution in [2.24, 2.45) is 0 Å². The molecule has 0 aliphatic carbocycles. The van der Waals surface area contributed by atoms with Gasteiger partial charge in [-0.3, -0.25) is 0 Å². The van der Waals surface area contributed by atoms with Crippen molar-refractivity contribution in [3.63, 3.8) is 0 Å². The summed E-state index contributed by atoms with van der Waals surface area (Å²) in [5.74, 6) is 0.676. The molecule has 2 aromatic carbocycles. The van der Waals surface area contributed by atoms with E-state index < -0.39 is 0 Å². The Hall–Kier alpha value is -1.87. The van der Waals surface area contributed by atoms with Crippen molar-refractivity contribution in [2.45, 2.75) is 26.8 Å². The highest BCUT2D eigenvalue weighted by atomic mass is 19.1. The Balaban J connectivity index is 2.52. The highest BCUT2D eigenvalue weighted by molar-refractivity contribution is 5.44. The van der Waals surface area contributed by atoms with Crippen LogP contribution in [0.4, 0.5) is 4.39 Å². The monoisotopic (exact) mass is 287 g/mol. The third-order valence-electron chi connectivity index (χ3n) is 3.81. The average molecular weight is 287 g/mol. The molecule has 0 fully saturated rings. The first-order valence-electron chi connectivity index (χ1n) is 7.06. The van der Waals surface area contributed by atoms with E-state index in [9.17, 15) is 4.39 Å². The van der Waals surface area contributed by atoms with Crippen LogP contribution in [0, 0.1) is 26.6 Å². The molecule has 0 heterocycles. The zero-order valence-electron chi connectivity index (χ0n) is 13.3. The fraction of sp³-hybridized carbons (Fsp3) is 0.333. The van der Waals surface area contributed by atoms with Gasteiger partial charge in [-0.2, -0.15) is 0 Å². The number of halogens is 1. The Morgan fingerprint density at radius 3 is 2.29 bits per heavy atom. The lowest BCUT2D eigenvalue weighted by Gasteiger charge is -2.21. The molecule has 1 atom stereocenters. The number of hydrogen-bond acceptors (Lipinski definition) is 2. The fourth-order valence-corrected chi connectivity index (χ4v) is 2.85. The standard InChI is InChI=1S/C18H22FNO/c1-11-8-13(3)17(15(19)9-11)18(20-4)14-6-7-16(21-5)12(2)10-14/h6-10,18,20H,1-5H3. The number of aryl methyl sites for hydroxylation is 3. The summed E-state index contributed by atoms with van der Waals surface area (Å²) in [6, 6.07) is 9.37. The van der Waals surface area contributed by atoms with Crippen molar-refractivity contribution >= 4 is 0 Å². The number of rotatable bonds is 4. The van der Waals surface area contributed by atoms with Gasteiger partial charge in [0.1, 0.15) is 11.6 Å². The molecule has 0 saturated heterocycles. The Morgan fingerprint density at radius 1 is 1.05 bits per heavy atom. The normalized spacial score (nSPS) is 12.3. The van der Waals surface area contributed by atoms with Gasteiger partial charge >= 0.3 is 0 Å². The summed E-state index contributed by atoms with van der Waals surface area (Å²) in [6.07, 6.45) is 0. The van der Waals surface area contributed by atoms with Crippen LogP contribution in [-0.4, -0.2) is 14.2 Å². The third-order valence-corrected chi connectivity index (χ3v) is 3.81. The molecule has 0 bridgehead atoms. The summed E-state index contributed by atoms with van der Waals surface area (Å²) in [6.45, 7) is 5.85. The van der Waals surface area contributed by atoms with Gasteiger partial charge in [0.15, 0.2) is 0 Å². The first-order chi connectivity index (χ1) is 9.97. The first kappa shape index (κ1) is 15.5. The molecule has 1 N–H and O–H groups in total. The molecule has 0 saturated carbocycles. The molecule has 0 amide bonds. The molecule has 21 heavy (non-hydrogen) atoms. The SMILES string of the molecule is CNC(c1ccc(OC)c(C)c1)c1c(C)cc(C)cc1F. The summed E-state index contributed by atoms with van der Waals surface area (Å²) >= 11 is 0. The topological polar surface area (TPSA) is 21.3 Å². The van der Waals surface area contributed by atoms with E-state index in [1.807, 2.05) is 52.1 Å². The van der Waals surface area contributed by atoms with Gasteiger partial charge < -0.3 is 10.1 Å². The average Bonchev–Trinajstić information content (AvgIpc) is 2.42. The smallest absolute Gasteiger partial charge is 0.128 e. The Bertz CT molecular complexity index is 629. The van der Waals surface area contributed by atoms with Crippen LogP contribution < -0.4 is 10.1 Å². The molecule has 0 spiro atoms. The summed E-state index contributed by atoms with van der Waals surface area (Å²) < 4.78 is 19.7. The second-order valence-electron chi connectivity index (χ2n) is 5.43. The van der Waals surface area contributed by atoms with Gasteiger partial charge in [-0.15, -0.1) is 0 Å². The van der Waals surface area contributed by atoms with Gasteiger partial charge in [-0.25, -0.2) is 4.39 Å². The predicted molar refractivity (Wildman–Crippen MR) is 84.5 cm³/mol. The number of ether oxygens (including phenoxy) is 1. The van der Waals surface area contributed by atoms with E-state index in [0.29, 0.717) is 5.56 Å². The zero-order valence-corrected chi connectivity index (χ0v) is 13.3. The quantitative estimate of drug-likeness (QED) is 0.915. The number of nitrogens with one attached hydrogen (secondary N) is 1. The summed E-state index contributed by atoms with van der Waals surface area (Å²) in [7, 11) is 3.50. The van der Waals surface area contributed by atoms with Crippen LogP contribution in [0.25, 0.3) is 0 Å². The van der Waals surface area contributed by atoms with E-state index in [1.165, 1.54) is 0 Å². The van der Waals surface area contributed by atoms with Crippen LogP contribution >= 0.6 is 0 Å². The highest BCUT2D eigenvalue weighted by Crippen LogP contribution is 2.30. The van der Waals surface area contributed by atoms with Crippen LogP contribution in [-0.2, 0) is 0 Å². The largest absolute Gasteiger partial charge is 0.496 e. The molecule has 2 rings (SSSR count). The maximum atomic E-state index is 14.4. The Kier molecular flexibility index (Phi) is 4.63. The number of hydrogen-bond donors (Lipinski definition) is 1. The van der Waals surface area contributed by atoms with E-state index in [4.69, 9.17) is 4.74 Å². The Morgan fingerprint density at radius 2 is 1.76 bits per heavy atom. The molecule has 0 aliphatic rings. The van der Waals surface area contributed by atoms with E-state index in [1.54, 1.807) is 13.2 Å². The van der Waals surface area contributed by atoms with Crippen LogP contribution in [0.15, 0.2) is 30.3 Å². The first-order valence-corrected chi connectivity index (χ1v) is 7.06. The lowest BCUT2D eigenvalue weighted by Crippen LogP contribution is -2.20. The molecule has 0 aliphatic heterocycles. The van der Waals surface area contributed by atoms with Crippen LogP contribution in [0.1, 0.15) is 33.9 Å². The maximum Gasteiger partial charge on any atom is 0.128 e. The van der Waals surface area contributed by atoms with Gasteiger partial charge in [-0.05, 0) is 62.2 Å². The number of benzene rings is 2. The lowest BCUT2D eigenvalue weighted by atomic mass is 9.92. The molecule has 0 aromatic heterocycles. The minimum Gasteiger partial charge on any atom is -0.496 e. The molecule has 2 aromatic rings. The summed E-state index contributed by atoms with van der Waals surface area (Å²) in [4.78, 5) is 0. The molecule has 112 valence electrons. The van der Waals surface area contributed by atoms with Crippen molar-refractivity contribution < 1.29 is 9.13 Å². The molecule has 0 radical (unpaired) electrons. The molecule has 2 nitrogen and oxygen atoms in total. The zero-order chi connectivity index (χ0) is 15.6. The minimum absolute atomic E-state index is 0.166. The second kappa shape index (κ2) is 6.27. The van der Waals surface area contributed by atoms with Crippen molar-refractivity contribution in [1.82, 2.24) is 5.32 Å². The lowest BCUT2D eigenvalue weighted by molar-refractivity contribution is 0.411. The summed E-state index contributed by atoms with van der Waals surface area (Å²) in [5, 5.41) is 3.22. The van der Waals surface area contributed by atoms with Gasteiger partial charge in [0.2, 0.25) is 0 Å². The third kappa shape index (κ3) is 3.08. The highest BCUT2D eigenvalue weighted by Gasteiger charge is 2.19. The van der Waals surface area contributed by atoms with Gasteiger partial charge in [-0.1, -0.05) is 18.2 Å². The predicted octanol–water partition coefficient (Wildman–Crippen LogP) is 4.07. The molecule has 3 heteroatoms. The van der Waals surface area contributed by atoms with Crippen molar-refractivity contribution in [1.29, 1.82) is 0 Å². The molecule has 1 unspecified atom stereocenters. The Labute approximate surface area is 126 Å². The van der Waals surface area contributed by atoms with Crippen LogP contribution in [0.5, 0.6) is 5.75 Å². The van der Waals surface area contributed by atoms with Crippen molar-refractivity contribution in [3.05, 3.63) is 64.0 Å². The van der Waals surface area contributed by atoms with Crippen LogP contribution in [0.3, 0.4) is 0 Å². The van der Waals surface area contributed by atoms with E-state index >= 15 is 0 Å². The fourth-order valence-electron chi connectivity index (χ4n) is 2.85. The molecular formula is C18H22FNO. The minimum atomic E-state index is -0.171. The molecular weight excluding hydrogens is 265 g/mol. The van der Waals surface area contributed by atoms with Crippen LogP contribution in [0.2, 0.25) is 0 Å². The maximum absolute atomic E-state index is 14.4. The van der Waals surface area contributed by atoms with Gasteiger partial charge in [0, 0.05) is 5.56 Å². The van der Waals surface area contributed by atoms with Gasteiger partial charge in [0.25, 0.3) is 0 Å². The number of methoxy groups -OCH3 is 1.